The number of benzene rings is 9. The van der Waals surface area contributed by atoms with E-state index in [1.807, 2.05) is 60.7 Å². The van der Waals surface area contributed by atoms with Crippen LogP contribution in [0.15, 0.2) is 212 Å². The lowest BCUT2D eigenvalue weighted by Gasteiger charge is -2.12. The fourth-order valence-electron chi connectivity index (χ4n) is 9.81. The summed E-state index contributed by atoms with van der Waals surface area (Å²) in [5.41, 5.74) is 12.1. The van der Waals surface area contributed by atoms with E-state index in [0.29, 0.717) is 17.5 Å². The minimum atomic E-state index is 0.634. The lowest BCUT2D eigenvalue weighted by Crippen LogP contribution is -2.00. The summed E-state index contributed by atoms with van der Waals surface area (Å²) in [6, 6.07) is 75.7. The van der Waals surface area contributed by atoms with E-state index < -0.39 is 0 Å². The van der Waals surface area contributed by atoms with Gasteiger partial charge < -0.3 is 9.13 Å². The molecule has 0 bridgehead atoms. The first kappa shape index (κ1) is 34.5. The van der Waals surface area contributed by atoms with Crippen molar-refractivity contribution in [3.63, 3.8) is 0 Å². The van der Waals surface area contributed by atoms with Crippen LogP contribution in [0.5, 0.6) is 0 Å². The van der Waals surface area contributed by atoms with E-state index in [0.717, 1.165) is 39.1 Å². The Kier molecular flexibility index (Phi) is 7.54. The van der Waals surface area contributed by atoms with Gasteiger partial charge in [-0.1, -0.05) is 152 Å². The zero-order chi connectivity index (χ0) is 40.7. The molecule has 0 N–H and O–H groups in total. The van der Waals surface area contributed by atoms with Gasteiger partial charge in [0.2, 0.25) is 0 Å². The van der Waals surface area contributed by atoms with Crippen LogP contribution >= 0.6 is 0 Å². The number of hydrogen-bond acceptors (Lipinski definition) is 3. The van der Waals surface area contributed by atoms with Crippen molar-refractivity contribution in [3.05, 3.63) is 212 Å². The van der Waals surface area contributed by atoms with Crippen molar-refractivity contribution in [2.24, 2.45) is 0 Å². The molecule has 13 rings (SSSR count). The topological polar surface area (TPSA) is 48.5 Å². The third kappa shape index (κ3) is 5.18. The van der Waals surface area contributed by atoms with Crippen LogP contribution in [0.4, 0.5) is 0 Å². The Morgan fingerprint density at radius 1 is 0.242 bits per heavy atom. The molecule has 3 aromatic heterocycles. The smallest absolute Gasteiger partial charge is 0.164 e. The van der Waals surface area contributed by atoms with Crippen molar-refractivity contribution in [3.8, 4) is 56.7 Å². The Morgan fingerprint density at radius 3 is 1.15 bits per heavy atom. The van der Waals surface area contributed by atoms with Crippen LogP contribution in [-0.2, 0) is 0 Å². The SMILES string of the molecule is c1ccc(-c2cccc(-n3c4cccc5c6ccccc6c6cccc7c6c6c(c54)c3ccc6n7-c3ccc(-c4nc(-c5ccccc5)nc(-c5ccccc5)n4)cc3)c2)cc1. The molecule has 0 fully saturated rings. The van der Waals surface area contributed by atoms with Gasteiger partial charge in [-0.15, -0.1) is 0 Å². The number of fused-ring (bicyclic) bond motifs is 3. The molecule has 0 radical (unpaired) electrons. The van der Waals surface area contributed by atoms with Gasteiger partial charge in [0.15, 0.2) is 17.5 Å². The molecule has 0 atom stereocenters. The summed E-state index contributed by atoms with van der Waals surface area (Å²) >= 11 is 0. The van der Waals surface area contributed by atoms with Crippen molar-refractivity contribution in [1.29, 1.82) is 0 Å². The van der Waals surface area contributed by atoms with Crippen molar-refractivity contribution in [2.45, 2.75) is 0 Å². The second-order valence-electron chi connectivity index (χ2n) is 16.0. The van der Waals surface area contributed by atoms with Gasteiger partial charge in [0.05, 0.1) is 22.1 Å². The van der Waals surface area contributed by atoms with E-state index in [1.54, 1.807) is 0 Å². The monoisotopic (exact) mass is 789 g/mol. The number of aromatic nitrogens is 5. The highest BCUT2D eigenvalue weighted by Crippen LogP contribution is 2.48. The summed E-state index contributed by atoms with van der Waals surface area (Å²) in [6.45, 7) is 0. The Bertz CT molecular complexity index is 3770. The highest BCUT2D eigenvalue weighted by Gasteiger charge is 2.24. The molecule has 0 unspecified atom stereocenters. The van der Waals surface area contributed by atoms with Gasteiger partial charge in [0, 0.05) is 49.6 Å². The van der Waals surface area contributed by atoms with Gasteiger partial charge >= 0.3 is 0 Å². The maximum absolute atomic E-state index is 5.02. The fraction of sp³-hybridized carbons (Fsp3) is 0. The molecule has 5 heteroatoms. The Balaban J connectivity index is 1.07. The van der Waals surface area contributed by atoms with Crippen LogP contribution in [0.25, 0.3) is 122 Å². The molecule has 0 saturated carbocycles. The number of hydrogen-bond donors (Lipinski definition) is 0. The molecule has 62 heavy (non-hydrogen) atoms. The third-order valence-corrected chi connectivity index (χ3v) is 12.5. The lowest BCUT2D eigenvalue weighted by molar-refractivity contribution is 1.07. The highest BCUT2D eigenvalue weighted by atomic mass is 15.0. The molecule has 3 heterocycles. The maximum Gasteiger partial charge on any atom is 0.164 e. The molecule has 13 aromatic rings. The van der Waals surface area contributed by atoms with Crippen molar-refractivity contribution in [1.82, 2.24) is 24.1 Å². The van der Waals surface area contributed by atoms with Crippen LogP contribution < -0.4 is 0 Å². The molecule has 0 spiro atoms. The van der Waals surface area contributed by atoms with Crippen LogP contribution in [0.1, 0.15) is 0 Å². The molecule has 0 amide bonds. The molecule has 0 saturated heterocycles. The second-order valence-corrected chi connectivity index (χ2v) is 16.0. The Morgan fingerprint density at radius 2 is 0.629 bits per heavy atom. The minimum absolute atomic E-state index is 0.634. The zero-order valence-electron chi connectivity index (χ0n) is 33.4. The summed E-state index contributed by atoms with van der Waals surface area (Å²) in [7, 11) is 0. The third-order valence-electron chi connectivity index (χ3n) is 12.5. The fourth-order valence-corrected chi connectivity index (χ4v) is 9.81. The molecule has 10 aromatic carbocycles. The van der Waals surface area contributed by atoms with Crippen LogP contribution in [0.3, 0.4) is 0 Å². The molecule has 288 valence electrons. The first-order valence-corrected chi connectivity index (χ1v) is 21.0. The lowest BCUT2D eigenvalue weighted by atomic mass is 9.95. The average molecular weight is 790 g/mol. The molecule has 0 aliphatic rings. The summed E-state index contributed by atoms with van der Waals surface area (Å²) < 4.78 is 4.90. The van der Waals surface area contributed by atoms with E-state index in [4.69, 9.17) is 15.0 Å². The van der Waals surface area contributed by atoms with E-state index in [-0.39, 0.29) is 0 Å². The first-order valence-electron chi connectivity index (χ1n) is 21.0. The summed E-state index contributed by atoms with van der Waals surface area (Å²) in [6.07, 6.45) is 0. The summed E-state index contributed by atoms with van der Waals surface area (Å²) in [5, 5.41) is 10.0. The van der Waals surface area contributed by atoms with Crippen LogP contribution in [-0.4, -0.2) is 24.1 Å². The van der Waals surface area contributed by atoms with Gasteiger partial charge in [0.25, 0.3) is 0 Å². The number of rotatable bonds is 6. The molecule has 0 aliphatic carbocycles. The first-order chi connectivity index (χ1) is 30.8. The van der Waals surface area contributed by atoms with Crippen LogP contribution in [0.2, 0.25) is 0 Å². The predicted octanol–water partition coefficient (Wildman–Crippen LogP) is 14.5. The van der Waals surface area contributed by atoms with E-state index in [1.165, 1.54) is 65.3 Å². The second kappa shape index (κ2) is 13.6. The molecular weight excluding hydrogens is 755 g/mol. The maximum atomic E-state index is 5.02. The van der Waals surface area contributed by atoms with Crippen LogP contribution in [0, 0.1) is 0 Å². The largest absolute Gasteiger partial charge is 0.309 e. The average Bonchev–Trinajstić information content (AvgIpc) is 3.88. The Labute approximate surface area is 356 Å². The predicted molar refractivity (Wildman–Crippen MR) is 256 cm³/mol. The van der Waals surface area contributed by atoms with E-state index >= 15 is 0 Å². The van der Waals surface area contributed by atoms with Gasteiger partial charge in [-0.05, 0) is 93.3 Å². The zero-order valence-corrected chi connectivity index (χ0v) is 33.4. The van der Waals surface area contributed by atoms with Crippen molar-refractivity contribution < 1.29 is 0 Å². The van der Waals surface area contributed by atoms with Gasteiger partial charge in [0.1, 0.15) is 0 Å². The van der Waals surface area contributed by atoms with Crippen molar-refractivity contribution in [2.75, 3.05) is 0 Å². The standard InChI is InChI=1S/C57H35N5/c1-4-15-36(16-5-1)40-21-12-22-42(35-40)62-48-28-14-26-46-44-24-11-10-23-43(44)45-25-13-27-47-51(45)53-49(33-34-50(62)54(53)52(46)48)61(47)41-31-29-39(30-32-41)57-59-55(37-17-6-2-7-18-37)58-56(60-57)38-19-8-3-9-20-38/h1-35H. The normalized spacial score (nSPS) is 11.9. The number of nitrogens with zero attached hydrogens (tertiary/aromatic N) is 5. The quantitative estimate of drug-likeness (QED) is 0.169. The van der Waals surface area contributed by atoms with Crippen molar-refractivity contribution >= 4 is 65.2 Å². The minimum Gasteiger partial charge on any atom is -0.309 e. The summed E-state index contributed by atoms with van der Waals surface area (Å²) in [4.78, 5) is 15.0. The molecule has 5 nitrogen and oxygen atoms in total. The van der Waals surface area contributed by atoms with E-state index in [2.05, 4.69) is 161 Å². The van der Waals surface area contributed by atoms with Gasteiger partial charge in [-0.2, -0.15) is 0 Å². The highest BCUT2D eigenvalue weighted by molar-refractivity contribution is 6.39. The van der Waals surface area contributed by atoms with Gasteiger partial charge in [-0.25, -0.2) is 15.0 Å². The molecular formula is C57H35N5. The Hall–Kier alpha value is -8.41. The van der Waals surface area contributed by atoms with E-state index in [9.17, 15) is 0 Å². The molecule has 0 aliphatic heterocycles. The van der Waals surface area contributed by atoms with Gasteiger partial charge in [-0.3, -0.25) is 0 Å². The summed E-state index contributed by atoms with van der Waals surface area (Å²) in [5.74, 6) is 1.93.